The summed E-state index contributed by atoms with van der Waals surface area (Å²) < 4.78 is 29.9. The highest BCUT2D eigenvalue weighted by molar-refractivity contribution is 7.90. The number of anilines is 2. The minimum absolute atomic E-state index is 0.118. The fourth-order valence-corrected chi connectivity index (χ4v) is 5.65. The Morgan fingerprint density at radius 3 is 2.48 bits per heavy atom. The maximum Gasteiger partial charge on any atom is 0.301 e. The fourth-order valence-electron chi connectivity index (χ4n) is 4.10. The molecule has 0 bridgehead atoms. The highest BCUT2D eigenvalue weighted by atomic mass is 32.2. The van der Waals surface area contributed by atoms with Crippen LogP contribution in [0.15, 0.2) is 18.2 Å². The van der Waals surface area contributed by atoms with E-state index in [0.717, 1.165) is 56.4 Å². The van der Waals surface area contributed by atoms with Crippen LogP contribution in [0.25, 0.3) is 0 Å². The zero-order valence-corrected chi connectivity index (χ0v) is 14.3. The Labute approximate surface area is 138 Å². The van der Waals surface area contributed by atoms with E-state index in [1.807, 2.05) is 6.07 Å². The normalized spacial score (nSPS) is 22.1. The highest BCUT2D eigenvalue weighted by Gasteiger charge is 2.32. The molecule has 2 aliphatic heterocycles. The molecule has 0 aromatic heterocycles. The number of hydrogen-bond acceptors (Lipinski definition) is 3. The second-order valence-electron chi connectivity index (χ2n) is 6.93. The first kappa shape index (κ1) is 15.3. The summed E-state index contributed by atoms with van der Waals surface area (Å²) in [5, 5.41) is 0. The summed E-state index contributed by atoms with van der Waals surface area (Å²) in [5.74, 6) is 0. The fraction of sp³-hybridized carbons (Fsp3) is 0.647. The van der Waals surface area contributed by atoms with Gasteiger partial charge in [-0.2, -0.15) is 13.1 Å². The molecule has 5 nitrogen and oxygen atoms in total. The Balaban J connectivity index is 1.55. The van der Waals surface area contributed by atoms with Gasteiger partial charge in [-0.3, -0.25) is 4.31 Å². The van der Waals surface area contributed by atoms with Gasteiger partial charge in [-0.1, -0.05) is 12.8 Å². The number of fused-ring (bicyclic) bond motifs is 1. The quantitative estimate of drug-likeness (QED) is 0.919. The average molecular weight is 335 g/mol. The minimum atomic E-state index is -3.42. The van der Waals surface area contributed by atoms with Gasteiger partial charge in [0, 0.05) is 31.4 Å². The maximum atomic E-state index is 12.7. The van der Waals surface area contributed by atoms with E-state index in [1.165, 1.54) is 18.5 Å². The summed E-state index contributed by atoms with van der Waals surface area (Å²) >= 11 is 0. The first-order valence-electron chi connectivity index (χ1n) is 8.81. The van der Waals surface area contributed by atoms with Crippen molar-refractivity contribution in [3.8, 4) is 0 Å². The van der Waals surface area contributed by atoms with Crippen LogP contribution in [0.4, 0.5) is 11.4 Å². The Morgan fingerprint density at radius 1 is 1.00 bits per heavy atom. The van der Waals surface area contributed by atoms with Crippen LogP contribution >= 0.6 is 0 Å². The lowest BCUT2D eigenvalue weighted by Gasteiger charge is -2.23. The van der Waals surface area contributed by atoms with E-state index in [9.17, 15) is 8.42 Å². The summed E-state index contributed by atoms with van der Waals surface area (Å²) in [5.41, 5.74) is 3.26. The first-order valence-corrected chi connectivity index (χ1v) is 10.3. The van der Waals surface area contributed by atoms with Gasteiger partial charge in [0.2, 0.25) is 0 Å². The lowest BCUT2D eigenvalue weighted by Crippen LogP contribution is -2.44. The Morgan fingerprint density at radius 2 is 1.74 bits per heavy atom. The van der Waals surface area contributed by atoms with E-state index in [-0.39, 0.29) is 6.04 Å². The van der Waals surface area contributed by atoms with E-state index in [0.29, 0.717) is 6.54 Å². The number of nitrogens with zero attached hydrogens (tertiary/aromatic N) is 2. The maximum absolute atomic E-state index is 12.7. The van der Waals surface area contributed by atoms with Crippen LogP contribution in [-0.4, -0.2) is 34.1 Å². The molecule has 3 aliphatic rings. The summed E-state index contributed by atoms with van der Waals surface area (Å²) in [4.78, 5) is 2.40. The molecule has 1 N–H and O–H groups in total. The van der Waals surface area contributed by atoms with Gasteiger partial charge in [0.15, 0.2) is 0 Å². The van der Waals surface area contributed by atoms with Gasteiger partial charge in [0.1, 0.15) is 0 Å². The van der Waals surface area contributed by atoms with E-state index in [4.69, 9.17) is 0 Å². The number of nitrogens with one attached hydrogen (secondary N) is 1. The minimum Gasteiger partial charge on any atom is -0.372 e. The van der Waals surface area contributed by atoms with Crippen molar-refractivity contribution in [2.24, 2.45) is 0 Å². The lowest BCUT2D eigenvalue weighted by molar-refractivity contribution is 0.549. The molecule has 0 spiro atoms. The topological polar surface area (TPSA) is 52.7 Å². The molecule has 0 atom stereocenters. The first-order chi connectivity index (χ1) is 11.1. The van der Waals surface area contributed by atoms with Crippen molar-refractivity contribution in [1.29, 1.82) is 0 Å². The van der Waals surface area contributed by atoms with Crippen molar-refractivity contribution in [1.82, 2.24) is 4.72 Å². The molecule has 2 fully saturated rings. The van der Waals surface area contributed by atoms with Crippen molar-refractivity contribution in [3.05, 3.63) is 23.8 Å². The number of hydrogen-bond donors (Lipinski definition) is 1. The highest BCUT2D eigenvalue weighted by Crippen LogP contribution is 2.34. The molecule has 1 aliphatic carbocycles. The van der Waals surface area contributed by atoms with Gasteiger partial charge in [0.05, 0.1) is 5.69 Å². The van der Waals surface area contributed by atoms with Crippen LogP contribution in [0.2, 0.25) is 0 Å². The third kappa shape index (κ3) is 2.94. The summed E-state index contributed by atoms with van der Waals surface area (Å²) in [6.45, 7) is 2.79. The molecule has 23 heavy (non-hydrogen) atoms. The predicted octanol–water partition coefficient (Wildman–Crippen LogP) is 2.43. The summed E-state index contributed by atoms with van der Waals surface area (Å²) in [6.07, 6.45) is 7.50. The van der Waals surface area contributed by atoms with Crippen LogP contribution in [0.3, 0.4) is 0 Å². The van der Waals surface area contributed by atoms with Crippen molar-refractivity contribution in [2.75, 3.05) is 28.8 Å². The molecule has 0 radical (unpaired) electrons. The molecule has 6 heteroatoms. The van der Waals surface area contributed by atoms with Gasteiger partial charge in [-0.05, 0) is 55.9 Å². The molecular formula is C17H25N3O2S. The third-order valence-electron chi connectivity index (χ3n) is 5.35. The second kappa shape index (κ2) is 5.98. The Bertz CT molecular complexity index is 677. The molecule has 4 rings (SSSR count). The van der Waals surface area contributed by atoms with Crippen molar-refractivity contribution in [2.45, 2.75) is 51.0 Å². The van der Waals surface area contributed by atoms with Gasteiger partial charge < -0.3 is 4.90 Å². The van der Waals surface area contributed by atoms with Crippen LogP contribution in [0.5, 0.6) is 0 Å². The molecule has 1 saturated heterocycles. The van der Waals surface area contributed by atoms with Crippen molar-refractivity contribution in [3.63, 3.8) is 0 Å². The van der Waals surface area contributed by atoms with E-state index in [2.05, 4.69) is 21.8 Å². The second-order valence-corrected chi connectivity index (χ2v) is 8.56. The number of benzene rings is 1. The average Bonchev–Trinajstić information content (AvgIpc) is 3.27. The molecule has 0 unspecified atom stereocenters. The van der Waals surface area contributed by atoms with Gasteiger partial charge in [-0.15, -0.1) is 0 Å². The third-order valence-corrected chi connectivity index (χ3v) is 6.94. The summed E-state index contributed by atoms with van der Waals surface area (Å²) in [7, 11) is -3.42. The SMILES string of the molecule is O=S(=O)(NC1CCCC1)N1CCc2cc(N3CCCC3)ccc21. The molecule has 2 heterocycles. The molecular weight excluding hydrogens is 310 g/mol. The van der Waals surface area contributed by atoms with Crippen LogP contribution in [0.1, 0.15) is 44.1 Å². The lowest BCUT2D eigenvalue weighted by atomic mass is 10.1. The zero-order valence-electron chi connectivity index (χ0n) is 13.5. The standard InChI is InChI=1S/C17H25N3O2S/c21-23(22,18-15-5-1-2-6-15)20-12-9-14-13-16(7-8-17(14)20)19-10-3-4-11-19/h7-8,13,15,18H,1-6,9-12H2. The van der Waals surface area contributed by atoms with E-state index >= 15 is 0 Å². The van der Waals surface area contributed by atoms with Gasteiger partial charge >= 0.3 is 10.2 Å². The predicted molar refractivity (Wildman–Crippen MR) is 93.3 cm³/mol. The van der Waals surface area contributed by atoms with Crippen molar-refractivity contribution >= 4 is 21.6 Å². The molecule has 1 aromatic rings. The Hall–Kier alpha value is -1.27. The van der Waals surface area contributed by atoms with Gasteiger partial charge in [-0.25, -0.2) is 0 Å². The monoisotopic (exact) mass is 335 g/mol. The van der Waals surface area contributed by atoms with Crippen LogP contribution < -0.4 is 13.9 Å². The van der Waals surface area contributed by atoms with E-state index in [1.54, 1.807) is 4.31 Å². The van der Waals surface area contributed by atoms with Crippen LogP contribution in [0, 0.1) is 0 Å². The van der Waals surface area contributed by atoms with Crippen molar-refractivity contribution < 1.29 is 8.42 Å². The van der Waals surface area contributed by atoms with Crippen LogP contribution in [-0.2, 0) is 16.6 Å². The summed E-state index contributed by atoms with van der Waals surface area (Å²) in [6, 6.07) is 6.37. The zero-order chi connectivity index (χ0) is 15.9. The molecule has 0 amide bonds. The largest absolute Gasteiger partial charge is 0.372 e. The smallest absolute Gasteiger partial charge is 0.301 e. The molecule has 1 saturated carbocycles. The van der Waals surface area contributed by atoms with E-state index < -0.39 is 10.2 Å². The Kier molecular flexibility index (Phi) is 3.97. The van der Waals surface area contributed by atoms with Gasteiger partial charge in [0.25, 0.3) is 0 Å². The molecule has 1 aromatic carbocycles. The molecule has 126 valence electrons. The number of rotatable bonds is 4.